The summed E-state index contributed by atoms with van der Waals surface area (Å²) in [4.78, 5) is 20.9. The molecule has 2 aromatic heterocycles. The molecule has 0 unspecified atom stereocenters. The molecule has 3 rings (SSSR count). The van der Waals surface area contributed by atoms with E-state index in [2.05, 4.69) is 33.6 Å². The molecular weight excluding hydrogens is 346 g/mol. The Hall–Kier alpha value is -2.80. The van der Waals surface area contributed by atoms with Crippen molar-refractivity contribution in [3.63, 3.8) is 0 Å². The van der Waals surface area contributed by atoms with Gasteiger partial charge < -0.3 is 16.0 Å². The number of carbonyl (C=O) groups excluding carboxylic acids is 1. The van der Waals surface area contributed by atoms with E-state index in [9.17, 15) is 4.79 Å². The van der Waals surface area contributed by atoms with Crippen molar-refractivity contribution < 1.29 is 4.79 Å². The molecule has 6 nitrogen and oxygen atoms in total. The molecule has 134 valence electrons. The van der Waals surface area contributed by atoms with Gasteiger partial charge in [0.05, 0.1) is 5.75 Å². The van der Waals surface area contributed by atoms with Gasteiger partial charge in [-0.2, -0.15) is 0 Å². The highest BCUT2D eigenvalue weighted by Gasteiger charge is 2.18. The van der Waals surface area contributed by atoms with Gasteiger partial charge in [-0.3, -0.25) is 4.79 Å². The van der Waals surface area contributed by atoms with Crippen molar-refractivity contribution in [1.82, 2.24) is 14.5 Å². The molecule has 4 N–H and O–H groups in total. The highest BCUT2D eigenvalue weighted by molar-refractivity contribution is 7.99. The second-order valence-electron chi connectivity index (χ2n) is 6.12. The lowest BCUT2D eigenvalue weighted by Gasteiger charge is -2.12. The average molecular weight is 367 g/mol. The zero-order valence-electron chi connectivity index (χ0n) is 15.0. The first kappa shape index (κ1) is 18.0. The summed E-state index contributed by atoms with van der Waals surface area (Å²) in [6.45, 7) is 6.03. The maximum absolute atomic E-state index is 12.7. The first-order valence-corrected chi connectivity index (χ1v) is 9.16. The molecule has 1 aromatic carbocycles. The van der Waals surface area contributed by atoms with Crippen molar-refractivity contribution in [3.05, 3.63) is 58.9 Å². The standard InChI is InChI=1S/C19H21N5OS/c1-11-6-4-5-7-15(11)24-12(2)8-14(13(24)3)16(25)10-26-19-22-17(20)9-18(21)23-19/h4-9H,10H2,1-3H3,(H4,20,21,22,23). The second kappa shape index (κ2) is 7.21. The fourth-order valence-electron chi connectivity index (χ4n) is 2.96. The van der Waals surface area contributed by atoms with Gasteiger partial charge in [0.2, 0.25) is 0 Å². The smallest absolute Gasteiger partial charge is 0.191 e. The Kier molecular flexibility index (Phi) is 4.99. The maximum Gasteiger partial charge on any atom is 0.191 e. The fourth-order valence-corrected chi connectivity index (χ4v) is 3.72. The molecule has 7 heteroatoms. The van der Waals surface area contributed by atoms with Gasteiger partial charge in [-0.15, -0.1) is 0 Å². The molecule has 0 spiro atoms. The predicted octanol–water partition coefficient (Wildman–Crippen LogP) is 3.33. The van der Waals surface area contributed by atoms with Crippen LogP contribution in [-0.4, -0.2) is 26.1 Å². The minimum atomic E-state index is 0.0209. The molecule has 0 bridgehead atoms. The number of nitrogens with zero attached hydrogens (tertiary/aromatic N) is 3. The zero-order chi connectivity index (χ0) is 18.8. The molecule has 0 aliphatic heterocycles. The third kappa shape index (κ3) is 3.57. The normalized spacial score (nSPS) is 10.9. The van der Waals surface area contributed by atoms with Gasteiger partial charge in [0, 0.05) is 28.7 Å². The molecule has 0 saturated heterocycles. The molecular formula is C19H21N5OS. The Labute approximate surface area is 156 Å². The quantitative estimate of drug-likeness (QED) is 0.408. The van der Waals surface area contributed by atoms with Crippen molar-refractivity contribution in [1.29, 1.82) is 0 Å². The number of carbonyl (C=O) groups is 1. The number of benzene rings is 1. The molecule has 3 aromatic rings. The van der Waals surface area contributed by atoms with Crippen LogP contribution in [0.15, 0.2) is 41.6 Å². The molecule has 26 heavy (non-hydrogen) atoms. The van der Waals surface area contributed by atoms with Gasteiger partial charge >= 0.3 is 0 Å². The highest BCUT2D eigenvalue weighted by atomic mass is 32.2. The predicted molar refractivity (Wildman–Crippen MR) is 106 cm³/mol. The number of aryl methyl sites for hydroxylation is 2. The molecule has 0 amide bonds. The molecule has 0 aliphatic carbocycles. The largest absolute Gasteiger partial charge is 0.383 e. The van der Waals surface area contributed by atoms with Crippen molar-refractivity contribution in [2.24, 2.45) is 0 Å². The minimum absolute atomic E-state index is 0.0209. The van der Waals surface area contributed by atoms with Gasteiger partial charge in [-0.25, -0.2) is 9.97 Å². The van der Waals surface area contributed by atoms with Crippen LogP contribution in [-0.2, 0) is 0 Å². The SMILES string of the molecule is Cc1ccccc1-n1c(C)cc(C(=O)CSc2nc(N)cc(N)n2)c1C. The van der Waals surface area contributed by atoms with Crippen LogP contribution in [0.25, 0.3) is 5.69 Å². The first-order chi connectivity index (χ1) is 12.4. The van der Waals surface area contributed by atoms with E-state index in [-0.39, 0.29) is 11.5 Å². The van der Waals surface area contributed by atoms with Crippen LogP contribution in [0.4, 0.5) is 11.6 Å². The summed E-state index contributed by atoms with van der Waals surface area (Å²) in [5.74, 6) is 0.837. The molecule has 0 saturated carbocycles. The number of hydrogen-bond donors (Lipinski definition) is 2. The number of Topliss-reactive ketones (excluding diaryl/α,β-unsaturated/α-hetero) is 1. The lowest BCUT2D eigenvalue weighted by Crippen LogP contribution is -2.07. The summed E-state index contributed by atoms with van der Waals surface area (Å²) in [5.41, 5.74) is 16.2. The van der Waals surface area contributed by atoms with Crippen LogP contribution in [0.5, 0.6) is 0 Å². The Morgan fingerprint density at radius 1 is 1.08 bits per heavy atom. The summed E-state index contributed by atoms with van der Waals surface area (Å²) in [5, 5.41) is 0.406. The average Bonchev–Trinajstić information content (AvgIpc) is 2.87. The van der Waals surface area contributed by atoms with E-state index in [1.165, 1.54) is 17.8 Å². The number of nitrogen functional groups attached to an aromatic ring is 2. The second-order valence-corrected chi connectivity index (χ2v) is 7.06. The van der Waals surface area contributed by atoms with Crippen LogP contribution in [0.1, 0.15) is 27.3 Å². The monoisotopic (exact) mass is 367 g/mol. The van der Waals surface area contributed by atoms with Crippen LogP contribution < -0.4 is 11.5 Å². The van der Waals surface area contributed by atoms with Crippen molar-refractivity contribution in [3.8, 4) is 5.69 Å². The van der Waals surface area contributed by atoms with E-state index in [4.69, 9.17) is 11.5 Å². The fraction of sp³-hybridized carbons (Fsp3) is 0.211. The third-order valence-corrected chi connectivity index (χ3v) is 5.01. The molecule has 0 atom stereocenters. The highest BCUT2D eigenvalue weighted by Crippen LogP contribution is 2.25. The number of nitrogens with two attached hydrogens (primary N) is 2. The number of para-hydroxylation sites is 1. The summed E-state index contributed by atoms with van der Waals surface area (Å²) in [7, 11) is 0. The van der Waals surface area contributed by atoms with Gasteiger partial charge in [0.15, 0.2) is 10.9 Å². The van der Waals surface area contributed by atoms with Gasteiger partial charge in [0.25, 0.3) is 0 Å². The van der Waals surface area contributed by atoms with Crippen molar-refractivity contribution >= 4 is 29.2 Å². The molecule has 0 fully saturated rings. The van der Waals surface area contributed by atoms with Gasteiger partial charge in [-0.1, -0.05) is 30.0 Å². The van der Waals surface area contributed by atoms with E-state index >= 15 is 0 Å². The van der Waals surface area contributed by atoms with E-state index in [0.29, 0.717) is 22.4 Å². The third-order valence-electron chi connectivity index (χ3n) is 4.17. The first-order valence-electron chi connectivity index (χ1n) is 8.18. The minimum Gasteiger partial charge on any atom is -0.383 e. The molecule has 0 radical (unpaired) electrons. The number of rotatable bonds is 5. The Balaban J connectivity index is 1.85. The van der Waals surface area contributed by atoms with E-state index < -0.39 is 0 Å². The van der Waals surface area contributed by atoms with Crippen molar-refractivity contribution in [2.45, 2.75) is 25.9 Å². The molecule has 2 heterocycles. The van der Waals surface area contributed by atoms with Crippen LogP contribution in [0, 0.1) is 20.8 Å². The van der Waals surface area contributed by atoms with E-state index in [1.807, 2.05) is 32.0 Å². The Morgan fingerprint density at radius 3 is 2.38 bits per heavy atom. The summed E-state index contributed by atoms with van der Waals surface area (Å²) < 4.78 is 2.11. The topological polar surface area (TPSA) is 99.8 Å². The Morgan fingerprint density at radius 2 is 1.73 bits per heavy atom. The number of thioether (sulfide) groups is 1. The number of anilines is 2. The van der Waals surface area contributed by atoms with Crippen LogP contribution >= 0.6 is 11.8 Å². The lowest BCUT2D eigenvalue weighted by atomic mass is 10.1. The summed E-state index contributed by atoms with van der Waals surface area (Å²) >= 11 is 1.23. The van der Waals surface area contributed by atoms with E-state index in [1.54, 1.807) is 0 Å². The zero-order valence-corrected chi connectivity index (χ0v) is 15.8. The summed E-state index contributed by atoms with van der Waals surface area (Å²) in [6, 6.07) is 11.5. The number of hydrogen-bond acceptors (Lipinski definition) is 6. The maximum atomic E-state index is 12.7. The number of ketones is 1. The van der Waals surface area contributed by atoms with Gasteiger partial charge in [-0.05, 0) is 38.5 Å². The van der Waals surface area contributed by atoms with Gasteiger partial charge in [0.1, 0.15) is 11.6 Å². The number of aromatic nitrogens is 3. The van der Waals surface area contributed by atoms with Crippen LogP contribution in [0.3, 0.4) is 0 Å². The lowest BCUT2D eigenvalue weighted by molar-refractivity contribution is 0.102. The molecule has 0 aliphatic rings. The Bertz CT molecular complexity index is 960. The van der Waals surface area contributed by atoms with Crippen LogP contribution in [0.2, 0.25) is 0 Å². The summed E-state index contributed by atoms with van der Waals surface area (Å²) in [6.07, 6.45) is 0. The van der Waals surface area contributed by atoms with Crippen molar-refractivity contribution in [2.75, 3.05) is 17.2 Å². The van der Waals surface area contributed by atoms with E-state index in [0.717, 1.165) is 22.6 Å².